The van der Waals surface area contributed by atoms with Crippen molar-refractivity contribution in [3.8, 4) is 0 Å². The number of sulfonamides is 1. The molecule has 1 amide bonds. The molecule has 2 aromatic carbocycles. The Morgan fingerprint density at radius 3 is 2.66 bits per heavy atom. The van der Waals surface area contributed by atoms with Crippen LogP contribution in [0, 0.1) is 5.82 Å². The molecule has 2 aliphatic rings. The van der Waals surface area contributed by atoms with Gasteiger partial charge in [0.15, 0.2) is 0 Å². The fraction of sp³-hybridized carbons (Fsp3) is 0.333. The lowest BCUT2D eigenvalue weighted by Crippen LogP contribution is -2.35. The summed E-state index contributed by atoms with van der Waals surface area (Å²) in [5.41, 5.74) is 1.58. The van der Waals surface area contributed by atoms with Crippen LogP contribution in [0.1, 0.15) is 54.6 Å². The molecule has 0 radical (unpaired) electrons. The highest BCUT2D eigenvalue weighted by Gasteiger charge is 2.32. The average molecular weight is 415 g/mol. The van der Waals surface area contributed by atoms with Crippen LogP contribution in [0.25, 0.3) is 0 Å². The van der Waals surface area contributed by atoms with Crippen molar-refractivity contribution in [1.29, 1.82) is 0 Å². The zero-order valence-electron chi connectivity index (χ0n) is 16.1. The van der Waals surface area contributed by atoms with Crippen LogP contribution in [0.3, 0.4) is 0 Å². The summed E-state index contributed by atoms with van der Waals surface area (Å²) < 4.78 is 42.5. The summed E-state index contributed by atoms with van der Waals surface area (Å²) in [4.78, 5) is 14.7. The third kappa shape index (κ3) is 3.89. The van der Waals surface area contributed by atoms with Crippen LogP contribution in [-0.2, 0) is 10.0 Å². The molecular weight excluding hydrogens is 393 g/mol. The molecule has 6 nitrogen and oxygen atoms in total. The molecule has 1 N–H and O–H groups in total. The van der Waals surface area contributed by atoms with Gasteiger partial charge in [0.05, 0.1) is 11.7 Å². The van der Waals surface area contributed by atoms with E-state index < -0.39 is 15.9 Å². The van der Waals surface area contributed by atoms with Gasteiger partial charge in [0.1, 0.15) is 16.5 Å². The second-order valence-electron chi connectivity index (χ2n) is 7.37. The minimum absolute atomic E-state index is 0.0604. The van der Waals surface area contributed by atoms with E-state index >= 15 is 0 Å². The fourth-order valence-electron chi connectivity index (χ4n) is 3.74. The second kappa shape index (κ2) is 7.59. The molecule has 4 rings (SSSR count). The van der Waals surface area contributed by atoms with Crippen LogP contribution in [0.2, 0.25) is 0 Å². The Hall–Kier alpha value is -2.74. The normalized spacial score (nSPS) is 18.7. The number of nitrogens with zero attached hydrogens (tertiary/aromatic N) is 2. The summed E-state index contributed by atoms with van der Waals surface area (Å²) in [7, 11) is -3.85. The maximum absolute atomic E-state index is 13.1. The van der Waals surface area contributed by atoms with Gasteiger partial charge in [0.2, 0.25) is 0 Å². The zero-order chi connectivity index (χ0) is 20.6. The molecule has 2 aliphatic heterocycles. The van der Waals surface area contributed by atoms with E-state index in [1.54, 1.807) is 31.2 Å². The quantitative estimate of drug-likeness (QED) is 0.827. The highest BCUT2D eigenvalue weighted by atomic mass is 32.2. The van der Waals surface area contributed by atoms with Gasteiger partial charge in [0.25, 0.3) is 15.9 Å². The summed E-state index contributed by atoms with van der Waals surface area (Å²) in [6.45, 7) is 2.50. The first kappa shape index (κ1) is 19.6. The number of carbonyl (C=O) groups is 1. The van der Waals surface area contributed by atoms with Crippen molar-refractivity contribution >= 4 is 27.5 Å². The van der Waals surface area contributed by atoms with E-state index in [-0.39, 0.29) is 22.3 Å². The first-order valence-corrected chi connectivity index (χ1v) is 11.1. The van der Waals surface area contributed by atoms with Gasteiger partial charge in [-0.25, -0.2) is 4.39 Å². The first-order chi connectivity index (χ1) is 13.8. The Morgan fingerprint density at radius 2 is 1.90 bits per heavy atom. The van der Waals surface area contributed by atoms with E-state index in [1.807, 2.05) is 4.90 Å². The molecule has 0 aliphatic carbocycles. The number of halogens is 1. The summed E-state index contributed by atoms with van der Waals surface area (Å²) in [5.74, 6) is -0.164. The van der Waals surface area contributed by atoms with E-state index in [2.05, 4.69) is 9.71 Å². The zero-order valence-corrected chi connectivity index (χ0v) is 16.9. The number of amides is 1. The largest absolute Gasteiger partial charge is 0.346 e. The highest BCUT2D eigenvalue weighted by Crippen LogP contribution is 2.35. The lowest BCUT2D eigenvalue weighted by atomic mass is 10.1. The third-order valence-corrected chi connectivity index (χ3v) is 6.66. The Morgan fingerprint density at radius 1 is 1.14 bits per heavy atom. The SMILES string of the molecule is CC(NC(=O)c1ccc2c(c1)S(=O)(=O)N=C1CCCCCN12)c1ccc(F)cc1. The van der Waals surface area contributed by atoms with E-state index in [4.69, 9.17) is 0 Å². The number of anilines is 1. The Balaban J connectivity index is 1.61. The molecule has 0 aromatic heterocycles. The smallest absolute Gasteiger partial charge is 0.286 e. The minimum Gasteiger partial charge on any atom is -0.346 e. The number of hydrogen-bond donors (Lipinski definition) is 1. The van der Waals surface area contributed by atoms with Crippen LogP contribution >= 0.6 is 0 Å². The maximum Gasteiger partial charge on any atom is 0.286 e. The predicted molar refractivity (Wildman–Crippen MR) is 109 cm³/mol. The molecule has 0 saturated carbocycles. The molecule has 1 saturated heterocycles. The number of rotatable bonds is 3. The van der Waals surface area contributed by atoms with Crippen molar-refractivity contribution in [3.05, 3.63) is 59.4 Å². The van der Waals surface area contributed by atoms with Crippen molar-refractivity contribution in [1.82, 2.24) is 5.32 Å². The summed E-state index contributed by atoms with van der Waals surface area (Å²) in [5, 5.41) is 2.83. The monoisotopic (exact) mass is 415 g/mol. The van der Waals surface area contributed by atoms with Crippen LogP contribution in [0.4, 0.5) is 10.1 Å². The van der Waals surface area contributed by atoms with Gasteiger partial charge < -0.3 is 10.2 Å². The maximum atomic E-state index is 13.1. The summed E-state index contributed by atoms with van der Waals surface area (Å²) in [6.07, 6.45) is 3.56. The number of benzene rings is 2. The van der Waals surface area contributed by atoms with Crippen molar-refractivity contribution in [2.75, 3.05) is 11.4 Å². The van der Waals surface area contributed by atoms with E-state index in [9.17, 15) is 17.6 Å². The van der Waals surface area contributed by atoms with Gasteiger partial charge in [-0.2, -0.15) is 8.42 Å². The molecule has 2 aromatic rings. The lowest BCUT2D eigenvalue weighted by Gasteiger charge is -2.29. The molecule has 0 spiro atoms. The van der Waals surface area contributed by atoms with Gasteiger partial charge in [-0.15, -0.1) is 4.40 Å². The standard InChI is InChI=1S/C21H22FN3O3S/c1-14(15-6-9-17(22)10-7-15)23-21(26)16-8-11-18-19(13-16)29(27,28)24-20-5-3-2-4-12-25(18)20/h6-11,13-14H,2-5,12H2,1H3,(H,23,26). The van der Waals surface area contributed by atoms with Crippen molar-refractivity contribution in [2.45, 2.75) is 43.5 Å². The molecule has 1 atom stereocenters. The van der Waals surface area contributed by atoms with E-state index in [0.717, 1.165) is 24.8 Å². The number of amidine groups is 1. The van der Waals surface area contributed by atoms with Gasteiger partial charge in [0, 0.05) is 18.5 Å². The number of nitrogens with one attached hydrogen (secondary N) is 1. The number of fused-ring (bicyclic) bond motifs is 3. The average Bonchev–Trinajstić information content (AvgIpc) is 2.93. The summed E-state index contributed by atoms with van der Waals surface area (Å²) >= 11 is 0. The molecule has 0 bridgehead atoms. The Labute approximate surface area is 169 Å². The van der Waals surface area contributed by atoms with Crippen LogP contribution in [0.15, 0.2) is 51.8 Å². The van der Waals surface area contributed by atoms with Gasteiger partial charge in [-0.1, -0.05) is 18.6 Å². The molecule has 29 heavy (non-hydrogen) atoms. The van der Waals surface area contributed by atoms with Gasteiger partial charge in [-0.3, -0.25) is 4.79 Å². The topological polar surface area (TPSA) is 78.8 Å². The predicted octanol–water partition coefficient (Wildman–Crippen LogP) is 3.80. The Bertz CT molecular complexity index is 1080. The van der Waals surface area contributed by atoms with Crippen LogP contribution < -0.4 is 10.2 Å². The minimum atomic E-state index is -3.85. The van der Waals surface area contributed by atoms with Crippen LogP contribution in [-0.4, -0.2) is 26.7 Å². The first-order valence-electron chi connectivity index (χ1n) is 9.67. The van der Waals surface area contributed by atoms with Crippen molar-refractivity contribution in [2.24, 2.45) is 4.40 Å². The molecule has 1 fully saturated rings. The molecule has 2 heterocycles. The molecule has 1 unspecified atom stereocenters. The highest BCUT2D eigenvalue weighted by molar-refractivity contribution is 7.90. The van der Waals surface area contributed by atoms with Crippen LogP contribution in [0.5, 0.6) is 0 Å². The van der Waals surface area contributed by atoms with Gasteiger partial charge >= 0.3 is 0 Å². The second-order valence-corrected chi connectivity index (χ2v) is 8.95. The summed E-state index contributed by atoms with van der Waals surface area (Å²) in [6, 6.07) is 10.2. The number of carbonyl (C=O) groups excluding carboxylic acids is 1. The van der Waals surface area contributed by atoms with Gasteiger partial charge in [-0.05, 0) is 55.7 Å². The molecular formula is C21H22FN3O3S. The van der Waals surface area contributed by atoms with E-state index in [1.165, 1.54) is 18.2 Å². The molecule has 152 valence electrons. The molecule has 8 heteroatoms. The van der Waals surface area contributed by atoms with Crippen molar-refractivity contribution < 1.29 is 17.6 Å². The van der Waals surface area contributed by atoms with E-state index in [0.29, 0.717) is 24.5 Å². The fourth-order valence-corrected chi connectivity index (χ4v) is 5.02. The lowest BCUT2D eigenvalue weighted by molar-refractivity contribution is 0.0939. The van der Waals surface area contributed by atoms with Crippen molar-refractivity contribution in [3.63, 3.8) is 0 Å². The Kier molecular flexibility index (Phi) is 5.12. The third-order valence-electron chi connectivity index (χ3n) is 5.33. The number of hydrogen-bond acceptors (Lipinski definition) is 4.